The van der Waals surface area contributed by atoms with Gasteiger partial charge in [0.25, 0.3) is 0 Å². The minimum Gasteiger partial charge on any atom is -0.508 e. The van der Waals surface area contributed by atoms with Crippen LogP contribution in [0.1, 0.15) is 54.0 Å². The van der Waals surface area contributed by atoms with Crippen LogP contribution in [-0.2, 0) is 27.1 Å². The molecular weight excluding hydrogens is 401 g/mol. The van der Waals surface area contributed by atoms with E-state index in [9.17, 15) is 5.11 Å². The van der Waals surface area contributed by atoms with E-state index in [4.69, 9.17) is 0 Å². The molecule has 0 saturated carbocycles. The minimum atomic E-state index is 0. The monoisotopic (exact) mass is 434 g/mol. The van der Waals surface area contributed by atoms with Gasteiger partial charge in [0.1, 0.15) is 5.75 Å². The van der Waals surface area contributed by atoms with Crippen molar-refractivity contribution in [2.75, 3.05) is 19.0 Å². The van der Waals surface area contributed by atoms with Crippen molar-refractivity contribution >= 4 is 30.5 Å². The van der Waals surface area contributed by atoms with Crippen LogP contribution in [0.5, 0.6) is 5.75 Å². The first kappa shape index (κ1) is 30.3. The summed E-state index contributed by atoms with van der Waals surface area (Å²) in [5.41, 5.74) is 6.51. The van der Waals surface area contributed by atoms with Crippen LogP contribution in [0.2, 0.25) is 0 Å². The standard InChI is InChI=1S/C12H19NO.C9H13.2ClH.Ti/c1-12(2,3)9-6-10(13(4)5)8-11(14)7-9;1-6-5-7(2)9(4)8(6)3;;;/h6-8,14H,1-5H3;6H,1-4H3;2*1H;/q;-1;;;. The molecule has 1 aliphatic rings. The molecule has 0 saturated heterocycles. The fourth-order valence-corrected chi connectivity index (χ4v) is 2.45. The molecular formula is C21H34Cl2NOTi-. The molecule has 1 aromatic rings. The number of phenols is 1. The predicted octanol–water partition coefficient (Wildman–Crippen LogP) is 6.32. The Balaban J connectivity index is -0.000000390. The molecule has 1 aliphatic carbocycles. The zero-order valence-electron chi connectivity index (χ0n) is 17.5. The van der Waals surface area contributed by atoms with Gasteiger partial charge >= 0.3 is 0 Å². The average Bonchev–Trinajstić information content (AvgIpc) is 2.64. The normalized spacial score (nSPS) is 15.6. The molecule has 26 heavy (non-hydrogen) atoms. The molecule has 148 valence electrons. The summed E-state index contributed by atoms with van der Waals surface area (Å²) >= 11 is 0. The van der Waals surface area contributed by atoms with Crippen LogP contribution < -0.4 is 4.90 Å². The second-order valence-corrected chi connectivity index (χ2v) is 7.68. The maximum absolute atomic E-state index is 9.58. The SMILES string of the molecule is CC1=[C-]C(C)C(C)=C1C.CN(C)c1cc(O)cc(C(C)(C)C)c1.Cl.Cl.[Ti]. The van der Waals surface area contributed by atoms with Gasteiger partial charge in [-0.25, -0.2) is 5.57 Å². The van der Waals surface area contributed by atoms with Gasteiger partial charge < -0.3 is 10.0 Å². The second kappa shape index (κ2) is 12.1. The molecule has 0 aromatic heterocycles. The Hall–Kier alpha value is -0.406. The third kappa shape index (κ3) is 8.52. The van der Waals surface area contributed by atoms with Crippen molar-refractivity contribution in [2.45, 2.75) is 53.9 Å². The molecule has 2 rings (SSSR count). The fraction of sp³-hybridized carbons (Fsp3) is 0.524. The number of hydrogen-bond acceptors (Lipinski definition) is 2. The fourth-order valence-electron chi connectivity index (χ4n) is 2.45. The van der Waals surface area contributed by atoms with Crippen LogP contribution in [0.15, 0.2) is 34.9 Å². The number of nitrogens with zero attached hydrogens (tertiary/aromatic N) is 1. The third-order valence-electron chi connectivity index (χ3n) is 4.52. The summed E-state index contributed by atoms with van der Waals surface area (Å²) in [6, 6.07) is 5.71. The van der Waals surface area contributed by atoms with Gasteiger partial charge in [-0.3, -0.25) is 6.08 Å². The van der Waals surface area contributed by atoms with E-state index < -0.39 is 0 Å². The number of benzene rings is 1. The van der Waals surface area contributed by atoms with Crippen LogP contribution in [0.25, 0.3) is 0 Å². The topological polar surface area (TPSA) is 23.5 Å². The number of halogens is 2. The van der Waals surface area contributed by atoms with Gasteiger partial charge in [0, 0.05) is 47.6 Å². The maximum Gasteiger partial charge on any atom is 0.117 e. The molecule has 2 nitrogen and oxygen atoms in total. The molecule has 0 bridgehead atoms. The van der Waals surface area contributed by atoms with E-state index in [2.05, 4.69) is 60.6 Å². The van der Waals surface area contributed by atoms with Crippen LogP contribution in [0, 0.1) is 12.0 Å². The summed E-state index contributed by atoms with van der Waals surface area (Å²) in [5, 5.41) is 9.58. The van der Waals surface area contributed by atoms with Crippen LogP contribution in [0.4, 0.5) is 5.69 Å². The van der Waals surface area contributed by atoms with Gasteiger partial charge in [-0.05, 0) is 23.1 Å². The van der Waals surface area contributed by atoms with E-state index in [1.54, 1.807) is 6.07 Å². The minimum absolute atomic E-state index is 0. The smallest absolute Gasteiger partial charge is 0.117 e. The zero-order chi connectivity index (χ0) is 17.9. The maximum atomic E-state index is 9.58. The van der Waals surface area contributed by atoms with E-state index in [0.717, 1.165) is 11.3 Å². The van der Waals surface area contributed by atoms with Gasteiger partial charge in [-0.1, -0.05) is 47.5 Å². The van der Waals surface area contributed by atoms with E-state index in [1.807, 2.05) is 25.1 Å². The molecule has 5 heteroatoms. The first-order valence-corrected chi connectivity index (χ1v) is 8.23. The predicted molar refractivity (Wildman–Crippen MR) is 116 cm³/mol. The molecule has 1 unspecified atom stereocenters. The Morgan fingerprint density at radius 2 is 1.50 bits per heavy atom. The second-order valence-electron chi connectivity index (χ2n) is 7.68. The molecule has 0 radical (unpaired) electrons. The average molecular weight is 435 g/mol. The summed E-state index contributed by atoms with van der Waals surface area (Å²) in [6.07, 6.45) is 3.36. The van der Waals surface area contributed by atoms with E-state index in [0.29, 0.717) is 11.7 Å². The molecule has 0 amide bonds. The largest absolute Gasteiger partial charge is 0.508 e. The first-order chi connectivity index (χ1) is 10.4. The van der Waals surface area contributed by atoms with Crippen molar-refractivity contribution in [3.8, 4) is 5.75 Å². The summed E-state index contributed by atoms with van der Waals surface area (Å²) in [5.74, 6) is 0.895. The number of phenolic OH excluding ortho intramolecular Hbond substituents is 1. The van der Waals surface area contributed by atoms with Crippen molar-refractivity contribution < 1.29 is 26.8 Å². The number of allylic oxidation sites excluding steroid dienone is 4. The van der Waals surface area contributed by atoms with Gasteiger partial charge in [-0.2, -0.15) is 11.1 Å². The molecule has 1 atom stereocenters. The Labute approximate surface area is 187 Å². The van der Waals surface area contributed by atoms with Crippen molar-refractivity contribution in [1.82, 2.24) is 0 Å². The van der Waals surface area contributed by atoms with Crippen LogP contribution >= 0.6 is 24.8 Å². The Kier molecular flexibility index (Phi) is 14.2. The third-order valence-corrected chi connectivity index (χ3v) is 4.52. The first-order valence-electron chi connectivity index (χ1n) is 8.23. The van der Waals surface area contributed by atoms with E-state index in [1.165, 1.54) is 16.7 Å². The molecule has 0 fully saturated rings. The number of anilines is 1. The summed E-state index contributed by atoms with van der Waals surface area (Å²) < 4.78 is 0. The molecule has 1 aromatic carbocycles. The summed E-state index contributed by atoms with van der Waals surface area (Å²) in [7, 11) is 3.95. The Morgan fingerprint density at radius 3 is 1.77 bits per heavy atom. The van der Waals surface area contributed by atoms with Crippen molar-refractivity contribution in [1.29, 1.82) is 0 Å². The summed E-state index contributed by atoms with van der Waals surface area (Å²) in [4.78, 5) is 2.00. The van der Waals surface area contributed by atoms with Crippen molar-refractivity contribution in [2.24, 2.45) is 5.92 Å². The van der Waals surface area contributed by atoms with Crippen LogP contribution in [0.3, 0.4) is 0 Å². The number of hydrogen-bond donors (Lipinski definition) is 1. The zero-order valence-corrected chi connectivity index (χ0v) is 20.7. The van der Waals surface area contributed by atoms with Gasteiger partial charge in [0.2, 0.25) is 0 Å². The van der Waals surface area contributed by atoms with Crippen LogP contribution in [-0.4, -0.2) is 19.2 Å². The quantitative estimate of drug-likeness (QED) is 0.412. The van der Waals surface area contributed by atoms with Gasteiger partial charge in [-0.15, -0.1) is 31.7 Å². The molecule has 0 aliphatic heterocycles. The molecule has 1 N–H and O–H groups in total. The van der Waals surface area contributed by atoms with Gasteiger partial charge in [0.05, 0.1) is 0 Å². The van der Waals surface area contributed by atoms with Gasteiger partial charge in [0.15, 0.2) is 0 Å². The Bertz CT molecular complexity index is 631. The van der Waals surface area contributed by atoms with Crippen molar-refractivity contribution in [3.05, 3.63) is 46.6 Å². The summed E-state index contributed by atoms with van der Waals surface area (Å²) in [6.45, 7) is 15.1. The number of aromatic hydroxyl groups is 1. The van der Waals surface area contributed by atoms with E-state index in [-0.39, 0.29) is 51.9 Å². The number of rotatable bonds is 1. The molecule has 0 heterocycles. The Morgan fingerprint density at radius 1 is 1.00 bits per heavy atom. The molecule has 0 spiro atoms. The van der Waals surface area contributed by atoms with Crippen molar-refractivity contribution in [3.63, 3.8) is 0 Å². The van der Waals surface area contributed by atoms with E-state index >= 15 is 0 Å².